The fraction of sp³-hybridized carbons (Fsp3) is 0.250. The Hall–Kier alpha value is 0.0313. The molecule has 0 bridgehead atoms. The Bertz CT molecular complexity index is 490. The number of benzene rings is 1. The molecule has 0 amide bonds. The van der Waals surface area contributed by atoms with Gasteiger partial charge in [0.05, 0.1) is 0 Å². The first-order chi connectivity index (χ1) is 8.05. The molecule has 1 aliphatic heterocycles. The number of alkyl halides is 4. The summed E-state index contributed by atoms with van der Waals surface area (Å²) in [6.45, 7) is -5.69. The van der Waals surface area contributed by atoms with Gasteiger partial charge in [-0.2, -0.15) is 17.6 Å². The Morgan fingerprint density at radius 2 is 1.42 bits per heavy atom. The second-order valence-electron chi connectivity index (χ2n) is 3.49. The van der Waals surface area contributed by atoms with E-state index in [0.29, 0.717) is 12.1 Å². The second-order valence-corrected chi connectivity index (χ2v) is 3.49. The monoisotopic (exact) mass is 314 g/mol. The quantitative estimate of drug-likeness (QED) is 0.524. The summed E-state index contributed by atoms with van der Waals surface area (Å²) < 4.78 is 95.6. The Morgan fingerprint density at radius 3 is 1.95 bits per heavy atom. The van der Waals surface area contributed by atoms with Crippen molar-refractivity contribution >= 4 is 12.4 Å². The van der Waals surface area contributed by atoms with Crippen LogP contribution in [0.1, 0.15) is 0 Å². The molecule has 0 unspecified atom stereocenters. The second kappa shape index (κ2) is 5.10. The van der Waals surface area contributed by atoms with Crippen LogP contribution < -0.4 is 66.3 Å². The minimum Gasteiger partial charge on any atom is -0.445 e. The maximum Gasteiger partial charge on any atom is 1.00 e. The van der Waals surface area contributed by atoms with Gasteiger partial charge in [-0.3, -0.25) is 0 Å². The zero-order chi connectivity index (χ0) is 13.8. The summed E-state index contributed by atoms with van der Waals surface area (Å²) in [5, 5.41) is 0. The Balaban J connectivity index is 0.00000180. The van der Waals surface area contributed by atoms with Gasteiger partial charge in [0.1, 0.15) is 5.75 Å². The minimum atomic E-state index is -5.69. The van der Waals surface area contributed by atoms with Crippen molar-refractivity contribution in [3.63, 3.8) is 0 Å². The smallest absolute Gasteiger partial charge is 0.445 e. The van der Waals surface area contributed by atoms with Crippen molar-refractivity contribution in [1.82, 2.24) is 0 Å². The van der Waals surface area contributed by atoms with Crippen molar-refractivity contribution in [3.05, 3.63) is 18.2 Å². The van der Waals surface area contributed by atoms with Crippen molar-refractivity contribution in [1.29, 1.82) is 0 Å². The molecule has 0 saturated heterocycles. The topological polar surface area (TPSA) is 18.5 Å². The summed E-state index contributed by atoms with van der Waals surface area (Å²) in [7, 11) is 0. The number of rotatable bonds is 1. The predicted octanol–water partition coefficient (Wildman–Crippen LogP) is -0.298. The fourth-order valence-electron chi connectivity index (χ4n) is 1.37. The molecular weight excluding hydrogens is 311 g/mol. The average molecular weight is 314 g/mol. The summed E-state index contributed by atoms with van der Waals surface area (Å²) in [4.78, 5) is 0. The van der Waals surface area contributed by atoms with E-state index in [1.165, 1.54) is 0 Å². The summed E-state index contributed by atoms with van der Waals surface area (Å²) >= 11 is 0. The number of ether oxygens (including phenoxy) is 2. The Morgan fingerprint density at radius 1 is 0.895 bits per heavy atom. The number of fused-ring (bicyclic) bond motifs is 1. The van der Waals surface area contributed by atoms with Crippen LogP contribution in [0.3, 0.4) is 0 Å². The number of hydrogen-bond donors (Lipinski definition) is 0. The van der Waals surface area contributed by atoms with Crippen LogP contribution in [0.4, 0.5) is 30.5 Å². The third-order valence-electron chi connectivity index (χ3n) is 2.17. The molecule has 2 nitrogen and oxygen atoms in total. The van der Waals surface area contributed by atoms with Gasteiger partial charge >= 0.3 is 70.6 Å². The van der Waals surface area contributed by atoms with Crippen molar-refractivity contribution in [2.24, 2.45) is 0 Å². The van der Waals surface area contributed by atoms with Gasteiger partial charge in [-0.1, -0.05) is 17.6 Å². The first-order valence-corrected chi connectivity index (χ1v) is 4.51. The minimum absolute atomic E-state index is 0. The van der Waals surface area contributed by atoms with Crippen LogP contribution in [-0.4, -0.2) is 19.2 Å². The molecule has 0 spiro atoms. The molecule has 0 N–H and O–H groups in total. The average Bonchev–Trinajstić information content (AvgIpc) is 2.16. The molecule has 1 aromatic rings. The van der Waals surface area contributed by atoms with E-state index >= 15 is 0 Å². The molecule has 1 aliphatic rings. The van der Waals surface area contributed by atoms with E-state index in [1.54, 1.807) is 0 Å². The van der Waals surface area contributed by atoms with Gasteiger partial charge < -0.3 is 22.4 Å². The van der Waals surface area contributed by atoms with Crippen LogP contribution in [-0.2, 0) is 0 Å². The van der Waals surface area contributed by atoms with Crippen molar-refractivity contribution in [2.75, 3.05) is 0 Å². The van der Waals surface area contributed by atoms with Gasteiger partial charge in [0.15, 0.2) is 5.75 Å². The third-order valence-corrected chi connectivity index (χ3v) is 2.17. The summed E-state index contributed by atoms with van der Waals surface area (Å²) in [6, 6.07) is 1.89. The van der Waals surface area contributed by atoms with Crippen LogP contribution in [0.2, 0.25) is 0 Å². The maximum atomic E-state index is 12.8. The molecule has 0 atom stereocenters. The molecular formula is C8H3BF7KO2. The van der Waals surface area contributed by atoms with Gasteiger partial charge in [0, 0.05) is 0 Å². The molecule has 0 radical (unpaired) electrons. The van der Waals surface area contributed by atoms with Crippen LogP contribution in [0.15, 0.2) is 18.2 Å². The summed E-state index contributed by atoms with van der Waals surface area (Å²) in [6.07, 6.45) is -10.2. The fourth-order valence-corrected chi connectivity index (χ4v) is 1.37. The van der Waals surface area contributed by atoms with Crippen LogP contribution in [0, 0.1) is 0 Å². The van der Waals surface area contributed by atoms with E-state index in [2.05, 4.69) is 9.47 Å². The molecule has 11 heteroatoms. The largest absolute Gasteiger partial charge is 1.00 e. The van der Waals surface area contributed by atoms with Gasteiger partial charge in [-0.05, 0) is 6.07 Å². The number of hydrogen-bond acceptors (Lipinski definition) is 2. The molecule has 0 saturated carbocycles. The molecule has 1 aromatic carbocycles. The normalized spacial score (nSPS) is 19.5. The Kier molecular flexibility index (Phi) is 4.58. The standard InChI is InChI=1S/C8H3BF7O2.K/c10-7(11)8(12,13)18-6-4(9(14,15)16)2-1-3-5(6)17-7;/h1-3H;/q-1;+1. The van der Waals surface area contributed by atoms with E-state index in [9.17, 15) is 30.5 Å². The Labute approximate surface area is 144 Å². The van der Waals surface area contributed by atoms with E-state index in [4.69, 9.17) is 0 Å². The van der Waals surface area contributed by atoms with Gasteiger partial charge in [0.25, 0.3) is 0 Å². The molecule has 0 aliphatic carbocycles. The van der Waals surface area contributed by atoms with Crippen molar-refractivity contribution in [3.8, 4) is 11.5 Å². The van der Waals surface area contributed by atoms with Gasteiger partial charge in [-0.25, -0.2) is 0 Å². The van der Waals surface area contributed by atoms with E-state index < -0.39 is 36.2 Å². The van der Waals surface area contributed by atoms with E-state index in [0.717, 1.165) is 6.07 Å². The molecule has 0 fully saturated rings. The molecule has 2 rings (SSSR count). The molecule has 0 aromatic heterocycles. The zero-order valence-electron chi connectivity index (χ0n) is 9.27. The number of para-hydroxylation sites is 1. The first kappa shape index (κ1) is 17.1. The van der Waals surface area contributed by atoms with E-state index in [1.807, 2.05) is 0 Å². The molecule has 19 heavy (non-hydrogen) atoms. The van der Waals surface area contributed by atoms with Crippen LogP contribution >= 0.6 is 0 Å². The van der Waals surface area contributed by atoms with Gasteiger partial charge in [0.2, 0.25) is 0 Å². The third kappa shape index (κ3) is 3.04. The van der Waals surface area contributed by atoms with Crippen LogP contribution in [0.25, 0.3) is 0 Å². The molecule has 1 heterocycles. The van der Waals surface area contributed by atoms with E-state index in [-0.39, 0.29) is 51.4 Å². The zero-order valence-corrected chi connectivity index (χ0v) is 12.4. The predicted molar refractivity (Wildman–Crippen MR) is 46.3 cm³/mol. The van der Waals surface area contributed by atoms with Crippen molar-refractivity contribution in [2.45, 2.75) is 12.2 Å². The SMILES string of the molecule is F[B-](F)(F)c1cccc2c1OC(F)(F)C(F)(F)O2.[K+]. The first-order valence-electron chi connectivity index (χ1n) is 4.51. The summed E-state index contributed by atoms with van der Waals surface area (Å²) in [5.41, 5.74) is -1.55. The summed E-state index contributed by atoms with van der Waals surface area (Å²) in [5.74, 6) is -2.51. The molecule has 100 valence electrons. The van der Waals surface area contributed by atoms with Gasteiger partial charge in [-0.15, -0.1) is 0 Å². The maximum absolute atomic E-state index is 12.8. The number of halogens is 7. The van der Waals surface area contributed by atoms with Crippen LogP contribution in [0.5, 0.6) is 11.5 Å². The van der Waals surface area contributed by atoms with Crippen molar-refractivity contribution < 1.29 is 91.4 Å².